The third kappa shape index (κ3) is 7.67. The van der Waals surface area contributed by atoms with Gasteiger partial charge in [0.2, 0.25) is 0 Å². The zero-order valence-electron chi connectivity index (χ0n) is 16.3. The highest BCUT2D eigenvalue weighted by Gasteiger charge is 2.20. The topological polar surface area (TPSA) is 161 Å². The van der Waals surface area contributed by atoms with Crippen LogP contribution < -0.4 is 15.9 Å². The summed E-state index contributed by atoms with van der Waals surface area (Å²) in [7, 11) is 0. The molecule has 12 heteroatoms. The summed E-state index contributed by atoms with van der Waals surface area (Å²) in [4.78, 5) is 39.3. The van der Waals surface area contributed by atoms with Crippen LogP contribution in [0.25, 0.3) is 0 Å². The number of nitrogens with zero attached hydrogens (tertiary/aromatic N) is 1. The molecule has 164 valence electrons. The predicted molar refractivity (Wildman–Crippen MR) is 96.5 cm³/mol. The van der Waals surface area contributed by atoms with Gasteiger partial charge in [-0.2, -0.15) is 0 Å². The molecule has 0 saturated carbocycles. The molecule has 0 fully saturated rings. The summed E-state index contributed by atoms with van der Waals surface area (Å²) >= 11 is 0. The Kier molecular flexibility index (Phi) is 8.55. The maximum atomic E-state index is 11.9. The lowest BCUT2D eigenvalue weighted by atomic mass is 10.1. The van der Waals surface area contributed by atoms with Crippen molar-refractivity contribution in [2.75, 3.05) is 6.61 Å². The van der Waals surface area contributed by atoms with Crippen molar-refractivity contribution in [2.24, 2.45) is 0 Å². The van der Waals surface area contributed by atoms with E-state index in [2.05, 4.69) is 14.6 Å². The van der Waals surface area contributed by atoms with Crippen molar-refractivity contribution in [3.05, 3.63) is 52.0 Å². The molecule has 0 aliphatic carbocycles. The van der Waals surface area contributed by atoms with E-state index in [0.717, 1.165) is 5.56 Å². The van der Waals surface area contributed by atoms with E-state index in [-0.39, 0.29) is 35.9 Å². The lowest BCUT2D eigenvalue weighted by Crippen LogP contribution is -2.41. The van der Waals surface area contributed by atoms with Gasteiger partial charge in [0.1, 0.15) is 11.8 Å². The molecule has 0 aliphatic heterocycles. The van der Waals surface area contributed by atoms with Crippen molar-refractivity contribution in [1.29, 1.82) is 0 Å². The highest BCUT2D eigenvalue weighted by Crippen LogP contribution is 2.14. The molecule has 1 heterocycles. The fraction of sp³-hybridized carbons (Fsp3) is 0.389. The highest BCUT2D eigenvalue weighted by molar-refractivity contribution is 5.81. The van der Waals surface area contributed by atoms with Crippen LogP contribution in [0.1, 0.15) is 30.4 Å². The maximum Gasteiger partial charge on any atom is 0.519 e. The molecule has 1 atom stereocenters. The van der Waals surface area contributed by atoms with Crippen LogP contribution in [0.5, 0.6) is 5.75 Å². The monoisotopic (exact) mass is 426 g/mol. The molecule has 1 aromatic carbocycles. The fourth-order valence-electron chi connectivity index (χ4n) is 2.29. The van der Waals surface area contributed by atoms with Crippen LogP contribution >= 0.6 is 0 Å². The van der Waals surface area contributed by atoms with Crippen LogP contribution in [0.2, 0.25) is 0 Å². The minimum atomic E-state index is -1.01. The number of esters is 1. The van der Waals surface area contributed by atoms with Crippen LogP contribution in [-0.4, -0.2) is 40.5 Å². The van der Waals surface area contributed by atoms with Crippen molar-refractivity contribution in [3.63, 3.8) is 0 Å². The van der Waals surface area contributed by atoms with Crippen molar-refractivity contribution in [3.8, 4) is 5.75 Å². The first-order valence-electron chi connectivity index (χ1n) is 8.88. The molecule has 1 amide bonds. The molecule has 0 saturated heterocycles. The summed E-state index contributed by atoms with van der Waals surface area (Å²) in [5, 5.41) is 18.8. The number of hydrogen-bond donors (Lipinski definition) is 3. The molecule has 3 N–H and O–H groups in total. The summed E-state index contributed by atoms with van der Waals surface area (Å²) in [5.41, 5.74) is 0.923. The SMILES string of the molecule is Cc1oc(=O)oc1COC(=O)C(C)NC(=O)Oc1ccc(CCCON(O)O)cc1. The number of benzene rings is 1. The molecule has 2 rings (SSSR count). The van der Waals surface area contributed by atoms with Gasteiger partial charge < -0.3 is 23.6 Å². The van der Waals surface area contributed by atoms with Gasteiger partial charge in [0.15, 0.2) is 18.1 Å². The summed E-state index contributed by atoms with van der Waals surface area (Å²) < 4.78 is 19.4. The standard InChI is InChI=1S/C18H22N2O10/c1-11(16(21)26-10-15-12(2)28-18(23)30-15)19-17(22)29-14-7-5-13(6-8-14)4-3-9-27-20(24)25/h5-8,11,24-25H,3-4,9-10H2,1-2H3,(H,19,22). The van der Waals surface area contributed by atoms with E-state index in [1.54, 1.807) is 24.3 Å². The number of carbonyl (C=O) groups is 2. The van der Waals surface area contributed by atoms with E-state index < -0.39 is 23.9 Å². The number of amides is 1. The largest absolute Gasteiger partial charge is 0.519 e. The Bertz CT molecular complexity index is 887. The third-order valence-corrected chi connectivity index (χ3v) is 3.82. The third-order valence-electron chi connectivity index (χ3n) is 3.82. The Balaban J connectivity index is 1.74. The van der Waals surface area contributed by atoms with E-state index in [1.807, 2.05) is 0 Å². The first-order valence-corrected chi connectivity index (χ1v) is 8.88. The second-order valence-corrected chi connectivity index (χ2v) is 6.13. The zero-order valence-corrected chi connectivity index (χ0v) is 16.3. The van der Waals surface area contributed by atoms with Crippen LogP contribution in [0.3, 0.4) is 0 Å². The molecule has 0 radical (unpaired) electrons. The van der Waals surface area contributed by atoms with Crippen molar-refractivity contribution in [2.45, 2.75) is 39.3 Å². The highest BCUT2D eigenvalue weighted by atomic mass is 17.1. The Hall–Kier alpha value is -3.19. The molecular formula is C18H22N2O10. The smallest absolute Gasteiger partial charge is 0.456 e. The fourth-order valence-corrected chi connectivity index (χ4v) is 2.29. The molecule has 0 spiro atoms. The molecule has 1 unspecified atom stereocenters. The quantitative estimate of drug-likeness (QED) is 0.288. The molecule has 0 bridgehead atoms. The van der Waals surface area contributed by atoms with E-state index in [9.17, 15) is 14.4 Å². The van der Waals surface area contributed by atoms with Gasteiger partial charge in [0.25, 0.3) is 0 Å². The Morgan fingerprint density at radius 1 is 1.20 bits per heavy atom. The molecular weight excluding hydrogens is 404 g/mol. The van der Waals surface area contributed by atoms with E-state index in [0.29, 0.717) is 12.8 Å². The maximum absolute atomic E-state index is 11.9. The van der Waals surface area contributed by atoms with E-state index >= 15 is 0 Å². The van der Waals surface area contributed by atoms with Crippen molar-refractivity contribution < 1.29 is 43.1 Å². The first-order chi connectivity index (χ1) is 14.2. The zero-order chi connectivity index (χ0) is 22.1. The second kappa shape index (κ2) is 11.1. The number of aryl methyl sites for hydroxylation is 2. The van der Waals surface area contributed by atoms with Crippen molar-refractivity contribution in [1.82, 2.24) is 10.7 Å². The summed E-state index contributed by atoms with van der Waals surface area (Å²) in [6.07, 6.45) is 0.302. The van der Waals surface area contributed by atoms with Crippen molar-refractivity contribution >= 4 is 12.1 Å². The molecule has 30 heavy (non-hydrogen) atoms. The predicted octanol–water partition coefficient (Wildman–Crippen LogP) is 1.71. The van der Waals surface area contributed by atoms with Crippen LogP contribution in [0, 0.1) is 6.92 Å². The number of rotatable bonds is 10. The van der Waals surface area contributed by atoms with Gasteiger partial charge in [-0.25, -0.2) is 14.4 Å². The normalized spacial score (nSPS) is 11.9. The minimum absolute atomic E-state index is 0.0832. The molecule has 0 aliphatic rings. The van der Waals surface area contributed by atoms with Crippen LogP contribution in [-0.2, 0) is 27.4 Å². The van der Waals surface area contributed by atoms with Gasteiger partial charge in [-0.05, 0) is 44.4 Å². The number of carbonyl (C=O) groups excluding carboxylic acids is 2. The van der Waals surface area contributed by atoms with Crippen LogP contribution in [0.4, 0.5) is 4.79 Å². The number of nitrogens with one attached hydrogen (secondary N) is 1. The van der Waals surface area contributed by atoms with Gasteiger partial charge in [0.05, 0.1) is 12.0 Å². The van der Waals surface area contributed by atoms with E-state index in [4.69, 9.17) is 24.3 Å². The van der Waals surface area contributed by atoms with Gasteiger partial charge in [-0.1, -0.05) is 12.1 Å². The number of ether oxygens (including phenoxy) is 2. The Morgan fingerprint density at radius 3 is 2.50 bits per heavy atom. The lowest BCUT2D eigenvalue weighted by Gasteiger charge is -2.13. The average Bonchev–Trinajstić information content (AvgIpc) is 3.01. The average molecular weight is 426 g/mol. The summed E-state index contributed by atoms with van der Waals surface area (Å²) in [6, 6.07) is 5.61. The number of hydrogen-bond acceptors (Lipinski definition) is 11. The second-order valence-electron chi connectivity index (χ2n) is 6.13. The summed E-state index contributed by atoms with van der Waals surface area (Å²) in [6.45, 7) is 2.71. The lowest BCUT2D eigenvalue weighted by molar-refractivity contribution is -0.492. The van der Waals surface area contributed by atoms with Gasteiger partial charge in [-0.15, -0.1) is 0 Å². The Labute approximate surface area is 170 Å². The Morgan fingerprint density at radius 2 is 1.90 bits per heavy atom. The molecule has 12 nitrogen and oxygen atoms in total. The van der Waals surface area contributed by atoms with Crippen LogP contribution in [0.15, 0.2) is 37.9 Å². The molecule has 2 aromatic rings. The van der Waals surface area contributed by atoms with Gasteiger partial charge >= 0.3 is 17.9 Å². The summed E-state index contributed by atoms with van der Waals surface area (Å²) in [5.74, 6) is -1.10. The minimum Gasteiger partial charge on any atom is -0.456 e. The van der Waals surface area contributed by atoms with Gasteiger partial charge in [0, 0.05) is 0 Å². The first kappa shape index (κ1) is 23.1. The molecule has 1 aromatic heterocycles. The van der Waals surface area contributed by atoms with Gasteiger partial charge in [-0.3, -0.25) is 15.3 Å². The van der Waals surface area contributed by atoms with E-state index in [1.165, 1.54) is 13.8 Å².